The number of ether oxygens (including phenoxy) is 1. The predicted molar refractivity (Wildman–Crippen MR) is 96.3 cm³/mol. The van der Waals surface area contributed by atoms with Gasteiger partial charge in [-0.25, -0.2) is 0 Å². The summed E-state index contributed by atoms with van der Waals surface area (Å²) in [5.41, 5.74) is 3.55. The third-order valence-electron chi connectivity index (χ3n) is 3.69. The average molecular weight is 325 g/mol. The molecule has 0 aliphatic carbocycles. The minimum absolute atomic E-state index is 0.414. The van der Waals surface area contributed by atoms with Crippen LogP contribution in [0.3, 0.4) is 0 Å². The normalized spacial score (nSPS) is 12.2. The van der Waals surface area contributed by atoms with E-state index in [1.165, 1.54) is 0 Å². The maximum atomic E-state index is 8.83. The lowest BCUT2D eigenvalue weighted by Gasteiger charge is -2.12. The van der Waals surface area contributed by atoms with Crippen LogP contribution in [0, 0.1) is 11.3 Å². The second kappa shape index (κ2) is 9.14. The standard InChI is InChI=1S/C19H23NO2Si/c1-3-22-23-15(2)12-13-21-19-10-8-18(9-11-19)17-6-4-16(14-20)5-7-17/h4-11,15H,3,12-13,23H2,1-2H3. The molecule has 0 radical (unpaired) electrons. The lowest BCUT2D eigenvalue weighted by molar-refractivity contribution is 0.299. The largest absolute Gasteiger partial charge is 0.494 e. The van der Waals surface area contributed by atoms with Crippen LogP contribution in [-0.4, -0.2) is 23.0 Å². The molecule has 0 spiro atoms. The molecule has 0 aliphatic rings. The first-order chi connectivity index (χ1) is 11.2. The van der Waals surface area contributed by atoms with Crippen molar-refractivity contribution in [3.8, 4) is 22.9 Å². The highest BCUT2D eigenvalue weighted by Crippen LogP contribution is 2.23. The zero-order valence-corrected chi connectivity index (χ0v) is 15.2. The molecule has 2 aromatic carbocycles. The molecule has 4 heteroatoms. The smallest absolute Gasteiger partial charge is 0.164 e. The van der Waals surface area contributed by atoms with E-state index >= 15 is 0 Å². The molecule has 23 heavy (non-hydrogen) atoms. The van der Waals surface area contributed by atoms with Crippen molar-refractivity contribution >= 4 is 9.76 Å². The van der Waals surface area contributed by atoms with Gasteiger partial charge in [0.15, 0.2) is 9.76 Å². The summed E-state index contributed by atoms with van der Waals surface area (Å²) in [4.78, 5) is 0. The summed E-state index contributed by atoms with van der Waals surface area (Å²) in [7, 11) is -0.414. The Morgan fingerprint density at radius 2 is 1.65 bits per heavy atom. The fourth-order valence-electron chi connectivity index (χ4n) is 2.26. The fourth-order valence-corrected chi connectivity index (χ4v) is 3.23. The van der Waals surface area contributed by atoms with Gasteiger partial charge < -0.3 is 9.16 Å². The highest BCUT2D eigenvalue weighted by molar-refractivity contribution is 6.29. The van der Waals surface area contributed by atoms with Crippen molar-refractivity contribution in [2.75, 3.05) is 13.2 Å². The van der Waals surface area contributed by atoms with Crippen molar-refractivity contribution in [1.29, 1.82) is 5.26 Å². The number of hydrogen-bond acceptors (Lipinski definition) is 3. The van der Waals surface area contributed by atoms with Gasteiger partial charge in [0.05, 0.1) is 18.2 Å². The Balaban J connectivity index is 1.85. The van der Waals surface area contributed by atoms with E-state index in [1.54, 1.807) is 0 Å². The van der Waals surface area contributed by atoms with Crippen molar-refractivity contribution in [2.45, 2.75) is 25.8 Å². The summed E-state index contributed by atoms with van der Waals surface area (Å²) in [6.45, 7) is 5.84. The molecule has 0 fully saturated rings. The van der Waals surface area contributed by atoms with E-state index in [2.05, 4.69) is 25.1 Å². The van der Waals surface area contributed by atoms with Crippen molar-refractivity contribution in [1.82, 2.24) is 0 Å². The second-order valence-corrected chi connectivity index (χ2v) is 7.75. The van der Waals surface area contributed by atoms with Gasteiger partial charge in [0.2, 0.25) is 0 Å². The molecule has 0 aliphatic heterocycles. The molecular weight excluding hydrogens is 302 g/mol. The molecule has 1 unspecified atom stereocenters. The first-order valence-corrected chi connectivity index (χ1v) is 9.43. The van der Waals surface area contributed by atoms with Crippen LogP contribution in [0.1, 0.15) is 25.8 Å². The van der Waals surface area contributed by atoms with Gasteiger partial charge in [-0.3, -0.25) is 0 Å². The van der Waals surface area contributed by atoms with Crippen LogP contribution in [0.5, 0.6) is 5.75 Å². The third kappa shape index (κ3) is 5.55. The van der Waals surface area contributed by atoms with Gasteiger partial charge in [0, 0.05) is 6.61 Å². The average Bonchev–Trinajstić information content (AvgIpc) is 2.60. The monoisotopic (exact) mass is 325 g/mol. The fraction of sp³-hybridized carbons (Fsp3) is 0.316. The SMILES string of the molecule is CCO[SiH2]C(C)CCOc1ccc(-c2ccc(C#N)cc2)cc1. The van der Waals surface area contributed by atoms with Crippen LogP contribution >= 0.6 is 0 Å². The van der Waals surface area contributed by atoms with Gasteiger partial charge in [0.25, 0.3) is 0 Å². The maximum absolute atomic E-state index is 8.83. The van der Waals surface area contributed by atoms with Gasteiger partial charge in [0.1, 0.15) is 5.75 Å². The molecule has 2 aromatic rings. The van der Waals surface area contributed by atoms with Gasteiger partial charge in [-0.15, -0.1) is 0 Å². The van der Waals surface area contributed by atoms with Crippen LogP contribution in [0.25, 0.3) is 11.1 Å². The molecule has 2 rings (SSSR count). The molecule has 0 heterocycles. The number of hydrogen-bond donors (Lipinski definition) is 0. The number of nitriles is 1. The summed E-state index contributed by atoms with van der Waals surface area (Å²) in [5, 5.41) is 8.83. The summed E-state index contributed by atoms with van der Waals surface area (Å²) < 4.78 is 11.4. The van der Waals surface area contributed by atoms with Crippen LogP contribution in [0.15, 0.2) is 48.5 Å². The Morgan fingerprint density at radius 1 is 1.04 bits per heavy atom. The maximum Gasteiger partial charge on any atom is 0.164 e. The van der Waals surface area contributed by atoms with Gasteiger partial charge in [-0.2, -0.15) is 5.26 Å². The van der Waals surface area contributed by atoms with Crippen LogP contribution in [0.4, 0.5) is 0 Å². The van der Waals surface area contributed by atoms with Crippen LogP contribution < -0.4 is 4.74 Å². The van der Waals surface area contributed by atoms with Crippen molar-refractivity contribution < 1.29 is 9.16 Å². The van der Waals surface area contributed by atoms with E-state index < -0.39 is 9.76 Å². The topological polar surface area (TPSA) is 42.2 Å². The molecule has 0 saturated heterocycles. The Hall–Kier alpha value is -2.09. The van der Waals surface area contributed by atoms with E-state index in [0.717, 1.165) is 36.5 Å². The number of benzene rings is 2. The Kier molecular flexibility index (Phi) is 6.86. The van der Waals surface area contributed by atoms with Crippen molar-refractivity contribution in [2.24, 2.45) is 0 Å². The molecule has 0 N–H and O–H groups in total. The van der Waals surface area contributed by atoms with E-state index in [0.29, 0.717) is 11.1 Å². The zero-order chi connectivity index (χ0) is 16.5. The molecule has 120 valence electrons. The minimum Gasteiger partial charge on any atom is -0.494 e. The highest BCUT2D eigenvalue weighted by Gasteiger charge is 2.04. The predicted octanol–water partition coefficient (Wildman–Crippen LogP) is 3.92. The molecule has 0 bridgehead atoms. The summed E-state index contributed by atoms with van der Waals surface area (Å²) in [5.74, 6) is 0.896. The highest BCUT2D eigenvalue weighted by atomic mass is 28.2. The Bertz CT molecular complexity index is 632. The molecule has 1 atom stereocenters. The quantitative estimate of drug-likeness (QED) is 0.691. The summed E-state index contributed by atoms with van der Waals surface area (Å²) in [6.07, 6.45) is 1.05. The first kappa shape index (κ1) is 17.3. The molecular formula is C19H23NO2Si. The van der Waals surface area contributed by atoms with Gasteiger partial charge >= 0.3 is 0 Å². The van der Waals surface area contributed by atoms with Crippen LogP contribution in [0.2, 0.25) is 5.54 Å². The van der Waals surface area contributed by atoms with Gasteiger partial charge in [-0.1, -0.05) is 31.2 Å². The zero-order valence-electron chi connectivity index (χ0n) is 13.8. The van der Waals surface area contributed by atoms with Gasteiger partial charge in [-0.05, 0) is 54.3 Å². The molecule has 0 aromatic heterocycles. The molecule has 0 saturated carbocycles. The second-order valence-electron chi connectivity index (χ2n) is 5.62. The van der Waals surface area contributed by atoms with E-state index in [-0.39, 0.29) is 0 Å². The third-order valence-corrected chi connectivity index (χ3v) is 5.31. The van der Waals surface area contributed by atoms with E-state index in [9.17, 15) is 0 Å². The summed E-state index contributed by atoms with van der Waals surface area (Å²) in [6, 6.07) is 17.8. The Morgan fingerprint density at radius 3 is 2.22 bits per heavy atom. The lowest BCUT2D eigenvalue weighted by atomic mass is 10.0. The lowest BCUT2D eigenvalue weighted by Crippen LogP contribution is -2.09. The Labute approximate surface area is 140 Å². The number of nitrogens with zero attached hydrogens (tertiary/aromatic N) is 1. The number of rotatable bonds is 8. The van der Waals surface area contributed by atoms with E-state index in [1.807, 2.05) is 43.3 Å². The molecule has 0 amide bonds. The van der Waals surface area contributed by atoms with Crippen LogP contribution in [-0.2, 0) is 4.43 Å². The first-order valence-electron chi connectivity index (χ1n) is 8.04. The van der Waals surface area contributed by atoms with Crippen molar-refractivity contribution in [3.63, 3.8) is 0 Å². The minimum atomic E-state index is -0.414. The van der Waals surface area contributed by atoms with E-state index in [4.69, 9.17) is 14.4 Å². The summed E-state index contributed by atoms with van der Waals surface area (Å²) >= 11 is 0. The van der Waals surface area contributed by atoms with Crippen molar-refractivity contribution in [3.05, 3.63) is 54.1 Å². The molecule has 3 nitrogen and oxygen atoms in total.